The number of halogens is 1. The number of nitrogens with zero attached hydrogens (tertiary/aromatic N) is 1. The highest BCUT2D eigenvalue weighted by Crippen LogP contribution is 2.32. The highest BCUT2D eigenvalue weighted by Gasteiger charge is 2.20. The first-order chi connectivity index (χ1) is 9.76. The molecule has 2 aromatic rings. The summed E-state index contributed by atoms with van der Waals surface area (Å²) in [4.78, 5) is 3.63. The zero-order valence-electron chi connectivity index (χ0n) is 11.8. The molecule has 0 aliphatic heterocycles. The van der Waals surface area contributed by atoms with Gasteiger partial charge in [-0.05, 0) is 24.6 Å². The smallest absolute Gasteiger partial charge is 0.0757 e. The molecule has 108 valence electrons. The number of rotatable bonds is 7. The first-order valence-corrected chi connectivity index (χ1v) is 8.27. The Morgan fingerprint density at radius 1 is 1.30 bits per heavy atom. The number of nitrogens with two attached hydrogens (primary N) is 1. The quantitative estimate of drug-likeness (QED) is 0.802. The van der Waals surface area contributed by atoms with Crippen molar-refractivity contribution in [3.8, 4) is 0 Å². The standard InChI is InChI=1S/C16H21ClN2S/c1-2-3-9-19(14-7-5-4-6-8-14)15(11-18)16-10-13(17)12-20-16/h4-8,10,12,15H,2-3,9,11,18H2,1H3. The lowest BCUT2D eigenvalue weighted by molar-refractivity contribution is 0.612. The Hall–Kier alpha value is -1.03. The Labute approximate surface area is 130 Å². The van der Waals surface area contributed by atoms with Crippen LogP contribution in [0.25, 0.3) is 0 Å². The number of unbranched alkanes of at least 4 members (excludes halogenated alkanes) is 1. The second kappa shape index (κ2) is 7.67. The Bertz CT molecular complexity index is 512. The molecule has 0 radical (unpaired) electrons. The van der Waals surface area contributed by atoms with Crippen LogP contribution in [0.5, 0.6) is 0 Å². The second-order valence-electron chi connectivity index (χ2n) is 4.80. The van der Waals surface area contributed by atoms with Gasteiger partial charge in [0.2, 0.25) is 0 Å². The SMILES string of the molecule is CCCCN(c1ccccc1)C(CN)c1cc(Cl)cs1. The largest absolute Gasteiger partial charge is 0.362 e. The summed E-state index contributed by atoms with van der Waals surface area (Å²) >= 11 is 7.75. The Morgan fingerprint density at radius 3 is 2.60 bits per heavy atom. The van der Waals surface area contributed by atoms with E-state index >= 15 is 0 Å². The maximum absolute atomic E-state index is 6.07. The molecule has 0 saturated carbocycles. The zero-order chi connectivity index (χ0) is 14.4. The van der Waals surface area contributed by atoms with Crippen molar-refractivity contribution in [2.75, 3.05) is 18.0 Å². The summed E-state index contributed by atoms with van der Waals surface area (Å²) in [5.74, 6) is 0. The number of thiophene rings is 1. The van der Waals surface area contributed by atoms with Crippen LogP contribution in [0.1, 0.15) is 30.7 Å². The Kier molecular flexibility index (Phi) is 5.89. The molecule has 20 heavy (non-hydrogen) atoms. The van der Waals surface area contributed by atoms with E-state index in [1.807, 2.05) is 17.5 Å². The first kappa shape index (κ1) is 15.4. The van der Waals surface area contributed by atoms with Crippen LogP contribution in [0.4, 0.5) is 5.69 Å². The van der Waals surface area contributed by atoms with Gasteiger partial charge in [-0.25, -0.2) is 0 Å². The van der Waals surface area contributed by atoms with E-state index in [1.54, 1.807) is 11.3 Å². The molecule has 0 aliphatic carbocycles. The average molecular weight is 309 g/mol. The van der Waals surface area contributed by atoms with Crippen LogP contribution in [0.15, 0.2) is 41.8 Å². The number of para-hydroxylation sites is 1. The molecule has 0 spiro atoms. The molecule has 4 heteroatoms. The van der Waals surface area contributed by atoms with Crippen LogP contribution < -0.4 is 10.6 Å². The third-order valence-electron chi connectivity index (χ3n) is 3.36. The van der Waals surface area contributed by atoms with Gasteiger partial charge in [-0.3, -0.25) is 0 Å². The van der Waals surface area contributed by atoms with Crippen LogP contribution in [-0.4, -0.2) is 13.1 Å². The number of anilines is 1. The van der Waals surface area contributed by atoms with E-state index in [0.29, 0.717) is 6.54 Å². The summed E-state index contributed by atoms with van der Waals surface area (Å²) in [6.07, 6.45) is 2.33. The zero-order valence-corrected chi connectivity index (χ0v) is 13.3. The average Bonchev–Trinajstić information content (AvgIpc) is 2.90. The number of hydrogen-bond donors (Lipinski definition) is 1. The van der Waals surface area contributed by atoms with E-state index in [1.165, 1.54) is 17.0 Å². The summed E-state index contributed by atoms with van der Waals surface area (Å²) < 4.78 is 0. The van der Waals surface area contributed by atoms with Crippen LogP contribution in [0, 0.1) is 0 Å². The first-order valence-electron chi connectivity index (χ1n) is 7.02. The molecule has 2 rings (SSSR count). The third-order valence-corrected chi connectivity index (χ3v) is 4.74. The van der Waals surface area contributed by atoms with E-state index in [-0.39, 0.29) is 6.04 Å². The van der Waals surface area contributed by atoms with Crippen molar-refractivity contribution in [1.29, 1.82) is 0 Å². The predicted octanol–water partition coefficient (Wildman–Crippen LogP) is 4.71. The molecule has 0 saturated heterocycles. The monoisotopic (exact) mass is 308 g/mol. The van der Waals surface area contributed by atoms with Gasteiger partial charge in [-0.2, -0.15) is 0 Å². The van der Waals surface area contributed by atoms with Gasteiger partial charge in [0.1, 0.15) is 0 Å². The van der Waals surface area contributed by atoms with Gasteiger partial charge in [0.25, 0.3) is 0 Å². The molecule has 1 atom stereocenters. The lowest BCUT2D eigenvalue weighted by Crippen LogP contribution is -2.34. The van der Waals surface area contributed by atoms with Crippen molar-refractivity contribution in [3.63, 3.8) is 0 Å². The highest BCUT2D eigenvalue weighted by molar-refractivity contribution is 7.10. The molecule has 1 aromatic heterocycles. The minimum absolute atomic E-state index is 0.196. The summed E-state index contributed by atoms with van der Waals surface area (Å²) in [6.45, 7) is 3.82. The van der Waals surface area contributed by atoms with E-state index in [9.17, 15) is 0 Å². The minimum atomic E-state index is 0.196. The summed E-state index contributed by atoms with van der Waals surface area (Å²) in [5, 5.41) is 2.77. The molecule has 0 aliphatic rings. The highest BCUT2D eigenvalue weighted by atomic mass is 35.5. The fraction of sp³-hybridized carbons (Fsp3) is 0.375. The molecular formula is C16H21ClN2S. The molecule has 0 fully saturated rings. The topological polar surface area (TPSA) is 29.3 Å². The molecule has 2 nitrogen and oxygen atoms in total. The van der Waals surface area contributed by atoms with Gasteiger partial charge in [-0.1, -0.05) is 43.1 Å². The van der Waals surface area contributed by atoms with E-state index in [0.717, 1.165) is 18.0 Å². The van der Waals surface area contributed by atoms with Crippen molar-refractivity contribution >= 4 is 28.6 Å². The van der Waals surface area contributed by atoms with Crippen molar-refractivity contribution in [2.24, 2.45) is 5.73 Å². The number of benzene rings is 1. The fourth-order valence-electron chi connectivity index (χ4n) is 2.31. The second-order valence-corrected chi connectivity index (χ2v) is 6.18. The summed E-state index contributed by atoms with van der Waals surface area (Å²) in [6, 6.07) is 12.7. The van der Waals surface area contributed by atoms with Gasteiger partial charge in [0.05, 0.1) is 11.1 Å². The van der Waals surface area contributed by atoms with Crippen LogP contribution in [0.3, 0.4) is 0 Å². The van der Waals surface area contributed by atoms with Gasteiger partial charge >= 0.3 is 0 Å². The lowest BCUT2D eigenvalue weighted by Gasteiger charge is -2.32. The maximum atomic E-state index is 6.07. The Balaban J connectivity index is 2.28. The molecule has 0 amide bonds. The Morgan fingerprint density at radius 2 is 2.05 bits per heavy atom. The molecule has 0 bridgehead atoms. The van der Waals surface area contributed by atoms with Crippen LogP contribution in [-0.2, 0) is 0 Å². The molecule has 1 unspecified atom stereocenters. The normalized spacial score (nSPS) is 12.3. The molecule has 1 heterocycles. The van der Waals surface area contributed by atoms with Crippen LogP contribution in [0.2, 0.25) is 5.02 Å². The summed E-state index contributed by atoms with van der Waals surface area (Å²) in [7, 11) is 0. The molecule has 1 aromatic carbocycles. The van der Waals surface area contributed by atoms with Gasteiger partial charge in [0, 0.05) is 29.0 Å². The third kappa shape index (κ3) is 3.75. The van der Waals surface area contributed by atoms with Gasteiger partial charge in [-0.15, -0.1) is 11.3 Å². The van der Waals surface area contributed by atoms with Crippen molar-refractivity contribution < 1.29 is 0 Å². The van der Waals surface area contributed by atoms with Crippen molar-refractivity contribution in [3.05, 3.63) is 51.7 Å². The fourth-order valence-corrected chi connectivity index (χ4v) is 3.52. The van der Waals surface area contributed by atoms with E-state index < -0.39 is 0 Å². The summed E-state index contributed by atoms with van der Waals surface area (Å²) in [5.41, 5.74) is 7.27. The molecular weight excluding hydrogens is 288 g/mol. The lowest BCUT2D eigenvalue weighted by atomic mass is 10.1. The number of hydrogen-bond acceptors (Lipinski definition) is 3. The van der Waals surface area contributed by atoms with Crippen molar-refractivity contribution in [2.45, 2.75) is 25.8 Å². The van der Waals surface area contributed by atoms with E-state index in [4.69, 9.17) is 17.3 Å². The van der Waals surface area contributed by atoms with Crippen molar-refractivity contribution in [1.82, 2.24) is 0 Å². The van der Waals surface area contributed by atoms with Crippen LogP contribution >= 0.6 is 22.9 Å². The molecule has 2 N–H and O–H groups in total. The minimum Gasteiger partial charge on any atom is -0.362 e. The van der Waals surface area contributed by atoms with Gasteiger partial charge < -0.3 is 10.6 Å². The predicted molar refractivity (Wildman–Crippen MR) is 89.8 cm³/mol. The van der Waals surface area contributed by atoms with Gasteiger partial charge in [0.15, 0.2) is 0 Å². The van der Waals surface area contributed by atoms with E-state index in [2.05, 4.69) is 36.1 Å². The maximum Gasteiger partial charge on any atom is 0.0757 e.